The fraction of sp³-hybridized carbons (Fsp3) is 0.150. The number of rotatable bonds is 5. The van der Waals surface area contributed by atoms with Gasteiger partial charge < -0.3 is 4.90 Å². The molecule has 126 valence electrons. The van der Waals surface area contributed by atoms with E-state index in [0.29, 0.717) is 13.1 Å². The first-order valence-electron chi connectivity index (χ1n) is 8.05. The van der Waals surface area contributed by atoms with Crippen LogP contribution < -0.4 is 5.56 Å². The maximum absolute atomic E-state index is 13.0. The van der Waals surface area contributed by atoms with Crippen LogP contribution in [0.2, 0.25) is 0 Å². The smallest absolute Gasteiger partial charge is 0.274 e. The van der Waals surface area contributed by atoms with Crippen molar-refractivity contribution in [3.63, 3.8) is 0 Å². The summed E-state index contributed by atoms with van der Waals surface area (Å²) in [5.74, 6) is -0.205. The second-order valence-electron chi connectivity index (χ2n) is 5.81. The summed E-state index contributed by atoms with van der Waals surface area (Å²) in [5, 5.41) is 4.09. The van der Waals surface area contributed by atoms with Crippen molar-refractivity contribution in [2.45, 2.75) is 13.1 Å². The van der Waals surface area contributed by atoms with Crippen molar-refractivity contribution in [2.75, 3.05) is 0 Å². The van der Waals surface area contributed by atoms with Gasteiger partial charge in [-0.2, -0.15) is 5.10 Å². The van der Waals surface area contributed by atoms with Gasteiger partial charge in [0.1, 0.15) is 5.69 Å². The molecule has 1 aromatic heterocycles. The number of aryl methyl sites for hydroxylation is 1. The summed E-state index contributed by atoms with van der Waals surface area (Å²) in [5.41, 5.74) is 2.09. The zero-order chi connectivity index (χ0) is 17.6. The van der Waals surface area contributed by atoms with E-state index in [-0.39, 0.29) is 17.2 Å². The molecule has 0 saturated carbocycles. The average molecular weight is 333 g/mol. The molecule has 5 nitrogen and oxygen atoms in total. The lowest BCUT2D eigenvalue weighted by molar-refractivity contribution is 0.0721. The van der Waals surface area contributed by atoms with E-state index >= 15 is 0 Å². The molecule has 0 radical (unpaired) electrons. The number of nitrogens with zero attached hydrogens (tertiary/aromatic N) is 3. The molecule has 3 rings (SSSR count). The lowest BCUT2D eigenvalue weighted by atomic mass is 10.1. The molecule has 2 aromatic carbocycles. The van der Waals surface area contributed by atoms with Crippen LogP contribution in [0.15, 0.2) is 77.6 Å². The van der Waals surface area contributed by atoms with Crippen molar-refractivity contribution < 1.29 is 4.79 Å². The highest BCUT2D eigenvalue weighted by Crippen LogP contribution is 2.13. The monoisotopic (exact) mass is 333 g/mol. The van der Waals surface area contributed by atoms with Crippen LogP contribution in [0.25, 0.3) is 0 Å². The molecule has 0 aliphatic rings. The second-order valence-corrected chi connectivity index (χ2v) is 5.81. The number of carbonyl (C=O) groups is 1. The Kier molecular flexibility index (Phi) is 5.04. The molecule has 0 aliphatic heterocycles. The van der Waals surface area contributed by atoms with Gasteiger partial charge >= 0.3 is 0 Å². The molecule has 1 amide bonds. The van der Waals surface area contributed by atoms with Crippen LogP contribution in [-0.2, 0) is 20.1 Å². The number of amides is 1. The van der Waals surface area contributed by atoms with Gasteiger partial charge in [-0.1, -0.05) is 60.7 Å². The highest BCUT2D eigenvalue weighted by molar-refractivity contribution is 5.92. The number of hydrogen-bond donors (Lipinski definition) is 0. The van der Waals surface area contributed by atoms with Gasteiger partial charge in [-0.3, -0.25) is 9.59 Å². The number of hydrogen-bond acceptors (Lipinski definition) is 3. The maximum Gasteiger partial charge on any atom is 0.274 e. The second kappa shape index (κ2) is 7.57. The Morgan fingerprint density at radius 1 is 0.880 bits per heavy atom. The van der Waals surface area contributed by atoms with Crippen molar-refractivity contribution in [2.24, 2.45) is 7.05 Å². The summed E-state index contributed by atoms with van der Waals surface area (Å²) in [4.78, 5) is 26.2. The van der Waals surface area contributed by atoms with E-state index in [1.807, 2.05) is 60.7 Å². The van der Waals surface area contributed by atoms with Crippen LogP contribution in [0.5, 0.6) is 0 Å². The lowest BCUT2D eigenvalue weighted by Crippen LogP contribution is -2.32. The lowest BCUT2D eigenvalue weighted by Gasteiger charge is -2.23. The van der Waals surface area contributed by atoms with E-state index < -0.39 is 0 Å². The molecular formula is C20H19N3O2. The van der Waals surface area contributed by atoms with E-state index in [2.05, 4.69) is 5.10 Å². The Morgan fingerprint density at radius 2 is 1.40 bits per heavy atom. The van der Waals surface area contributed by atoms with Gasteiger partial charge in [0, 0.05) is 26.2 Å². The largest absolute Gasteiger partial charge is 0.329 e. The zero-order valence-corrected chi connectivity index (χ0v) is 14.0. The molecule has 0 saturated heterocycles. The molecule has 0 atom stereocenters. The third kappa shape index (κ3) is 4.20. The topological polar surface area (TPSA) is 55.2 Å². The van der Waals surface area contributed by atoms with Crippen molar-refractivity contribution in [1.29, 1.82) is 0 Å². The molecular weight excluding hydrogens is 314 g/mol. The normalized spacial score (nSPS) is 10.4. The van der Waals surface area contributed by atoms with Crippen molar-refractivity contribution in [1.82, 2.24) is 14.7 Å². The summed E-state index contributed by atoms with van der Waals surface area (Å²) >= 11 is 0. The minimum atomic E-state index is -0.241. The standard InChI is InChI=1S/C20H19N3O2/c1-22-19(24)13-12-18(21-22)20(25)23(14-16-8-4-2-5-9-16)15-17-10-6-3-7-11-17/h2-13H,14-15H2,1H3. The maximum atomic E-state index is 13.0. The molecule has 25 heavy (non-hydrogen) atoms. The third-order valence-electron chi connectivity index (χ3n) is 3.90. The van der Waals surface area contributed by atoms with Gasteiger partial charge in [-0.15, -0.1) is 0 Å². The summed E-state index contributed by atoms with van der Waals surface area (Å²) in [6.07, 6.45) is 0. The number of benzene rings is 2. The Labute approximate surface area is 146 Å². The Balaban J connectivity index is 1.90. The molecule has 0 fully saturated rings. The van der Waals surface area contributed by atoms with Gasteiger partial charge in [-0.05, 0) is 17.2 Å². The van der Waals surface area contributed by atoms with Crippen LogP contribution in [0.4, 0.5) is 0 Å². The minimum Gasteiger partial charge on any atom is -0.329 e. The van der Waals surface area contributed by atoms with Crippen LogP contribution >= 0.6 is 0 Å². The fourth-order valence-corrected chi connectivity index (χ4v) is 2.59. The number of aromatic nitrogens is 2. The predicted octanol–water partition coefficient (Wildman–Crippen LogP) is 2.62. The first-order chi connectivity index (χ1) is 12.1. The Bertz CT molecular complexity index is 863. The fourth-order valence-electron chi connectivity index (χ4n) is 2.59. The highest BCUT2D eigenvalue weighted by atomic mass is 16.2. The van der Waals surface area contributed by atoms with E-state index in [9.17, 15) is 9.59 Å². The van der Waals surface area contributed by atoms with Gasteiger partial charge in [0.05, 0.1) is 0 Å². The van der Waals surface area contributed by atoms with Crippen LogP contribution in [0.1, 0.15) is 21.6 Å². The third-order valence-corrected chi connectivity index (χ3v) is 3.90. The van der Waals surface area contributed by atoms with Crippen molar-refractivity contribution >= 4 is 5.91 Å². The van der Waals surface area contributed by atoms with E-state index in [0.717, 1.165) is 11.1 Å². The quantitative estimate of drug-likeness (QED) is 0.721. The average Bonchev–Trinajstić information content (AvgIpc) is 2.64. The Morgan fingerprint density at radius 3 is 1.88 bits per heavy atom. The summed E-state index contributed by atoms with van der Waals surface area (Å²) in [6.45, 7) is 0.943. The van der Waals surface area contributed by atoms with Crippen LogP contribution in [0, 0.1) is 0 Å². The SMILES string of the molecule is Cn1nc(C(=O)N(Cc2ccccc2)Cc2ccccc2)ccc1=O. The highest BCUT2D eigenvalue weighted by Gasteiger charge is 2.18. The predicted molar refractivity (Wildman–Crippen MR) is 95.9 cm³/mol. The molecule has 0 unspecified atom stereocenters. The first-order valence-corrected chi connectivity index (χ1v) is 8.05. The van der Waals surface area contributed by atoms with E-state index in [1.165, 1.54) is 23.9 Å². The molecule has 0 bridgehead atoms. The first kappa shape index (κ1) is 16.6. The minimum absolute atomic E-state index is 0.205. The van der Waals surface area contributed by atoms with Gasteiger partial charge in [0.15, 0.2) is 0 Å². The van der Waals surface area contributed by atoms with Gasteiger partial charge in [-0.25, -0.2) is 4.68 Å². The zero-order valence-electron chi connectivity index (χ0n) is 14.0. The molecule has 5 heteroatoms. The molecule has 3 aromatic rings. The molecule has 1 heterocycles. The summed E-state index contributed by atoms with van der Waals surface area (Å²) in [6, 6.07) is 22.5. The van der Waals surface area contributed by atoms with Crippen molar-refractivity contribution in [3.05, 3.63) is 100.0 Å². The molecule has 0 aliphatic carbocycles. The van der Waals surface area contributed by atoms with E-state index in [4.69, 9.17) is 0 Å². The molecule has 0 N–H and O–H groups in total. The summed E-state index contributed by atoms with van der Waals surface area (Å²) in [7, 11) is 1.54. The summed E-state index contributed by atoms with van der Waals surface area (Å²) < 4.78 is 1.18. The van der Waals surface area contributed by atoms with Gasteiger partial charge in [0.25, 0.3) is 11.5 Å². The van der Waals surface area contributed by atoms with Gasteiger partial charge in [0.2, 0.25) is 0 Å². The molecule has 0 spiro atoms. The van der Waals surface area contributed by atoms with E-state index in [1.54, 1.807) is 4.90 Å². The Hall–Kier alpha value is -3.21. The van der Waals surface area contributed by atoms with Crippen LogP contribution in [0.3, 0.4) is 0 Å². The number of carbonyl (C=O) groups excluding carboxylic acids is 1. The van der Waals surface area contributed by atoms with Crippen LogP contribution in [-0.4, -0.2) is 20.6 Å². The van der Waals surface area contributed by atoms with Crippen molar-refractivity contribution in [3.8, 4) is 0 Å².